The van der Waals surface area contributed by atoms with E-state index in [2.05, 4.69) is 19.9 Å². The highest BCUT2D eigenvalue weighted by Gasteiger charge is 2.32. The molecule has 1 heterocycles. The maximum absolute atomic E-state index is 12.6. The van der Waals surface area contributed by atoms with Crippen molar-refractivity contribution in [1.29, 1.82) is 5.26 Å². The molecule has 2 rings (SSSR count). The number of hydrogen-bond donors (Lipinski definition) is 0. The van der Waals surface area contributed by atoms with Crippen LogP contribution in [-0.2, 0) is 4.79 Å². The molecule has 3 nitrogen and oxygen atoms in total. The van der Waals surface area contributed by atoms with Crippen molar-refractivity contribution in [3.63, 3.8) is 0 Å². The van der Waals surface area contributed by atoms with Crippen LogP contribution in [0, 0.1) is 17.2 Å². The standard InChI is InChI=1S/C16H20N2O/c1-12-8-9-13(2)18(11-12)16(19)15(10-17)14-6-4-3-5-7-14/h3-7,12-13,15H,8-9,11H2,1-2H3. The molecule has 1 saturated heterocycles. The average molecular weight is 256 g/mol. The molecule has 3 heteroatoms. The number of carbonyl (C=O) groups is 1. The fraction of sp³-hybridized carbons (Fsp3) is 0.500. The van der Waals surface area contributed by atoms with Crippen LogP contribution in [0.1, 0.15) is 38.2 Å². The maximum Gasteiger partial charge on any atom is 0.244 e. The molecule has 0 aromatic heterocycles. The highest BCUT2D eigenvalue weighted by atomic mass is 16.2. The monoisotopic (exact) mass is 256 g/mol. The van der Waals surface area contributed by atoms with Gasteiger partial charge in [-0.3, -0.25) is 4.79 Å². The van der Waals surface area contributed by atoms with E-state index in [1.54, 1.807) is 0 Å². The van der Waals surface area contributed by atoms with Crippen LogP contribution in [-0.4, -0.2) is 23.4 Å². The molecule has 0 bridgehead atoms. The molecule has 3 atom stereocenters. The van der Waals surface area contributed by atoms with Crippen LogP contribution in [0.5, 0.6) is 0 Å². The van der Waals surface area contributed by atoms with Gasteiger partial charge in [-0.2, -0.15) is 5.26 Å². The summed E-state index contributed by atoms with van der Waals surface area (Å²) in [6.45, 7) is 5.00. The third-order valence-electron chi connectivity index (χ3n) is 3.91. The van der Waals surface area contributed by atoms with Crippen molar-refractivity contribution in [2.45, 2.75) is 38.6 Å². The van der Waals surface area contributed by atoms with Crippen molar-refractivity contribution in [3.8, 4) is 6.07 Å². The topological polar surface area (TPSA) is 44.1 Å². The molecule has 1 amide bonds. The second-order valence-corrected chi connectivity index (χ2v) is 5.49. The lowest BCUT2D eigenvalue weighted by Crippen LogP contribution is -2.46. The summed E-state index contributed by atoms with van der Waals surface area (Å²) in [7, 11) is 0. The molecule has 0 aliphatic carbocycles. The minimum Gasteiger partial charge on any atom is -0.338 e. The molecule has 1 aliphatic heterocycles. The van der Waals surface area contributed by atoms with Gasteiger partial charge in [0.15, 0.2) is 0 Å². The number of nitrogens with zero attached hydrogens (tertiary/aromatic N) is 2. The summed E-state index contributed by atoms with van der Waals surface area (Å²) in [5.41, 5.74) is 0.792. The van der Waals surface area contributed by atoms with Crippen LogP contribution in [0.2, 0.25) is 0 Å². The fourth-order valence-corrected chi connectivity index (χ4v) is 2.68. The highest BCUT2D eigenvalue weighted by molar-refractivity contribution is 5.86. The summed E-state index contributed by atoms with van der Waals surface area (Å²) in [5, 5.41) is 9.34. The number of piperidine rings is 1. The van der Waals surface area contributed by atoms with Crippen molar-refractivity contribution in [2.24, 2.45) is 5.92 Å². The van der Waals surface area contributed by atoms with Crippen LogP contribution in [0.25, 0.3) is 0 Å². The van der Waals surface area contributed by atoms with Gasteiger partial charge in [-0.1, -0.05) is 37.3 Å². The zero-order valence-electron chi connectivity index (χ0n) is 11.5. The fourth-order valence-electron chi connectivity index (χ4n) is 2.68. The zero-order chi connectivity index (χ0) is 13.8. The Kier molecular flexibility index (Phi) is 4.21. The van der Waals surface area contributed by atoms with Crippen molar-refractivity contribution >= 4 is 5.91 Å². The van der Waals surface area contributed by atoms with Crippen molar-refractivity contribution in [1.82, 2.24) is 4.90 Å². The van der Waals surface area contributed by atoms with E-state index in [4.69, 9.17) is 0 Å². The first kappa shape index (κ1) is 13.6. The van der Waals surface area contributed by atoms with Gasteiger partial charge in [0.1, 0.15) is 5.92 Å². The number of nitriles is 1. The van der Waals surface area contributed by atoms with E-state index >= 15 is 0 Å². The molecule has 1 aromatic rings. The summed E-state index contributed by atoms with van der Waals surface area (Å²) in [6.07, 6.45) is 2.19. The lowest BCUT2D eigenvalue weighted by Gasteiger charge is -2.37. The van der Waals surface area contributed by atoms with E-state index in [-0.39, 0.29) is 11.9 Å². The summed E-state index contributed by atoms with van der Waals surface area (Å²) in [5.74, 6) is -0.197. The van der Waals surface area contributed by atoms with Gasteiger partial charge in [-0.25, -0.2) is 0 Å². The van der Waals surface area contributed by atoms with E-state index < -0.39 is 5.92 Å². The number of carbonyl (C=O) groups excluding carboxylic acids is 1. The third kappa shape index (κ3) is 2.96. The smallest absolute Gasteiger partial charge is 0.244 e. The Balaban J connectivity index is 2.19. The minimum absolute atomic E-state index is 0.0484. The van der Waals surface area contributed by atoms with Crippen LogP contribution in [0.15, 0.2) is 30.3 Å². The quantitative estimate of drug-likeness (QED) is 0.816. The van der Waals surface area contributed by atoms with Gasteiger partial charge in [-0.15, -0.1) is 0 Å². The molecule has 1 aromatic carbocycles. The molecule has 19 heavy (non-hydrogen) atoms. The Labute approximate surface area is 114 Å². The third-order valence-corrected chi connectivity index (χ3v) is 3.91. The molecule has 1 fully saturated rings. The van der Waals surface area contributed by atoms with E-state index in [1.807, 2.05) is 35.2 Å². The lowest BCUT2D eigenvalue weighted by atomic mass is 9.92. The first-order valence-corrected chi connectivity index (χ1v) is 6.88. The lowest BCUT2D eigenvalue weighted by molar-refractivity contribution is -0.135. The van der Waals surface area contributed by atoms with Gasteiger partial charge >= 0.3 is 0 Å². The van der Waals surface area contributed by atoms with Gasteiger partial charge in [0, 0.05) is 12.6 Å². The molecule has 0 radical (unpaired) electrons. The van der Waals surface area contributed by atoms with Crippen LogP contribution in [0.4, 0.5) is 0 Å². The normalized spacial score (nSPS) is 24.6. The minimum atomic E-state index is -0.672. The van der Waals surface area contributed by atoms with Gasteiger partial charge in [-0.05, 0) is 31.2 Å². The largest absolute Gasteiger partial charge is 0.338 e. The van der Waals surface area contributed by atoms with Crippen molar-refractivity contribution in [3.05, 3.63) is 35.9 Å². The predicted molar refractivity (Wildman–Crippen MR) is 74.4 cm³/mol. The first-order chi connectivity index (χ1) is 9.13. The molecular formula is C16H20N2O. The highest BCUT2D eigenvalue weighted by Crippen LogP contribution is 2.26. The Morgan fingerprint density at radius 2 is 2.00 bits per heavy atom. The molecule has 0 spiro atoms. The Bertz CT molecular complexity index is 477. The molecule has 0 saturated carbocycles. The van der Waals surface area contributed by atoms with Gasteiger partial charge < -0.3 is 4.90 Å². The van der Waals surface area contributed by atoms with Crippen LogP contribution in [0.3, 0.4) is 0 Å². The molecular weight excluding hydrogens is 236 g/mol. The number of benzene rings is 1. The van der Waals surface area contributed by atoms with Crippen molar-refractivity contribution < 1.29 is 4.79 Å². The summed E-state index contributed by atoms with van der Waals surface area (Å²) >= 11 is 0. The Morgan fingerprint density at radius 1 is 1.32 bits per heavy atom. The number of hydrogen-bond acceptors (Lipinski definition) is 2. The summed E-state index contributed by atoms with van der Waals surface area (Å²) in [6, 6.07) is 11.7. The van der Waals surface area contributed by atoms with E-state index in [0.29, 0.717) is 5.92 Å². The van der Waals surface area contributed by atoms with Gasteiger partial charge in [0.2, 0.25) is 5.91 Å². The first-order valence-electron chi connectivity index (χ1n) is 6.88. The molecule has 100 valence electrons. The Hall–Kier alpha value is -1.82. The number of amides is 1. The zero-order valence-corrected chi connectivity index (χ0v) is 11.5. The summed E-state index contributed by atoms with van der Waals surface area (Å²) < 4.78 is 0. The van der Waals surface area contributed by atoms with E-state index in [9.17, 15) is 10.1 Å². The average Bonchev–Trinajstić information content (AvgIpc) is 2.43. The van der Waals surface area contributed by atoms with E-state index in [1.165, 1.54) is 0 Å². The van der Waals surface area contributed by atoms with Gasteiger partial charge in [0.25, 0.3) is 0 Å². The predicted octanol–water partition coefficient (Wildman–Crippen LogP) is 2.94. The van der Waals surface area contributed by atoms with Crippen LogP contribution < -0.4 is 0 Å². The molecule has 3 unspecified atom stereocenters. The molecule has 1 aliphatic rings. The molecule has 0 N–H and O–H groups in total. The van der Waals surface area contributed by atoms with Crippen molar-refractivity contribution in [2.75, 3.05) is 6.54 Å². The maximum atomic E-state index is 12.6. The van der Waals surface area contributed by atoms with Gasteiger partial charge in [0.05, 0.1) is 6.07 Å². The number of likely N-dealkylation sites (tertiary alicyclic amines) is 1. The SMILES string of the molecule is CC1CCC(C)N(C(=O)C(C#N)c2ccccc2)C1. The number of rotatable bonds is 2. The second-order valence-electron chi connectivity index (χ2n) is 5.49. The second kappa shape index (κ2) is 5.88. The Morgan fingerprint density at radius 3 is 2.63 bits per heavy atom. The van der Waals surface area contributed by atoms with E-state index in [0.717, 1.165) is 24.9 Å². The van der Waals surface area contributed by atoms with Crippen LogP contribution >= 0.6 is 0 Å². The summed E-state index contributed by atoms with van der Waals surface area (Å²) in [4.78, 5) is 14.5.